The van der Waals surface area contributed by atoms with E-state index in [9.17, 15) is 4.79 Å². The van der Waals surface area contributed by atoms with Gasteiger partial charge in [-0.1, -0.05) is 0 Å². The van der Waals surface area contributed by atoms with Crippen LogP contribution in [0, 0.1) is 13.8 Å². The largest absolute Gasteiger partial charge is 0.466 e. The zero-order valence-corrected chi connectivity index (χ0v) is 13.6. The molecule has 24 heavy (non-hydrogen) atoms. The SMILES string of the molecule is Cc1cc(C(=O)N2CCN(c3ncnc4[nH]ncc34)CC2)c(C)o1. The lowest BCUT2D eigenvalue weighted by atomic mass is 10.2. The van der Waals surface area contributed by atoms with Crippen molar-refractivity contribution >= 4 is 22.8 Å². The van der Waals surface area contributed by atoms with Crippen LogP contribution in [-0.2, 0) is 0 Å². The molecule has 1 amide bonds. The molecule has 0 saturated carbocycles. The Kier molecular flexibility index (Phi) is 3.44. The normalized spacial score (nSPS) is 15.2. The van der Waals surface area contributed by atoms with Gasteiger partial charge in [-0.2, -0.15) is 5.10 Å². The number of aromatic nitrogens is 4. The van der Waals surface area contributed by atoms with Gasteiger partial charge in [0.2, 0.25) is 0 Å². The van der Waals surface area contributed by atoms with Crippen molar-refractivity contribution in [3.05, 3.63) is 35.7 Å². The Morgan fingerprint density at radius 1 is 1.21 bits per heavy atom. The van der Waals surface area contributed by atoms with Crippen LogP contribution in [0.3, 0.4) is 0 Å². The van der Waals surface area contributed by atoms with Gasteiger partial charge in [-0.25, -0.2) is 9.97 Å². The van der Waals surface area contributed by atoms with Gasteiger partial charge in [0.05, 0.1) is 17.1 Å². The van der Waals surface area contributed by atoms with Gasteiger partial charge in [0, 0.05) is 26.2 Å². The topological polar surface area (TPSA) is 91.2 Å². The Morgan fingerprint density at radius 2 is 2.00 bits per heavy atom. The average molecular weight is 326 g/mol. The summed E-state index contributed by atoms with van der Waals surface area (Å²) < 4.78 is 5.47. The lowest BCUT2D eigenvalue weighted by molar-refractivity contribution is 0.0745. The molecule has 4 heterocycles. The Labute approximate surface area is 138 Å². The summed E-state index contributed by atoms with van der Waals surface area (Å²) in [6.07, 6.45) is 3.27. The number of nitrogens with one attached hydrogen (secondary N) is 1. The number of carbonyl (C=O) groups excluding carboxylic acids is 1. The lowest BCUT2D eigenvalue weighted by Gasteiger charge is -2.35. The van der Waals surface area contributed by atoms with Crippen LogP contribution in [-0.4, -0.2) is 57.2 Å². The fraction of sp³-hybridized carbons (Fsp3) is 0.375. The number of rotatable bonds is 2. The third-order valence-electron chi connectivity index (χ3n) is 4.36. The number of aryl methyl sites for hydroxylation is 2. The first-order valence-corrected chi connectivity index (χ1v) is 7.89. The van der Waals surface area contributed by atoms with Crippen molar-refractivity contribution < 1.29 is 9.21 Å². The van der Waals surface area contributed by atoms with Crippen LogP contribution in [0.1, 0.15) is 21.9 Å². The number of anilines is 1. The van der Waals surface area contributed by atoms with Gasteiger partial charge in [-0.15, -0.1) is 0 Å². The molecule has 4 rings (SSSR count). The third-order valence-corrected chi connectivity index (χ3v) is 4.36. The third kappa shape index (κ3) is 2.40. The number of amides is 1. The highest BCUT2D eigenvalue weighted by molar-refractivity contribution is 5.95. The number of hydrogen-bond donors (Lipinski definition) is 1. The smallest absolute Gasteiger partial charge is 0.257 e. The first-order valence-electron chi connectivity index (χ1n) is 7.89. The predicted octanol–water partition coefficient (Wildman–Crippen LogP) is 1.53. The summed E-state index contributed by atoms with van der Waals surface area (Å²) in [6.45, 7) is 6.41. The van der Waals surface area contributed by atoms with Crippen molar-refractivity contribution in [1.82, 2.24) is 25.1 Å². The van der Waals surface area contributed by atoms with Gasteiger partial charge in [-0.05, 0) is 19.9 Å². The van der Waals surface area contributed by atoms with E-state index in [-0.39, 0.29) is 5.91 Å². The fourth-order valence-electron chi connectivity index (χ4n) is 3.14. The molecular weight excluding hydrogens is 308 g/mol. The number of furan rings is 1. The molecule has 1 N–H and O–H groups in total. The molecule has 3 aromatic heterocycles. The molecule has 124 valence electrons. The Morgan fingerprint density at radius 3 is 2.71 bits per heavy atom. The zero-order valence-electron chi connectivity index (χ0n) is 13.6. The minimum Gasteiger partial charge on any atom is -0.466 e. The van der Waals surface area contributed by atoms with E-state index < -0.39 is 0 Å². The van der Waals surface area contributed by atoms with Crippen molar-refractivity contribution in [2.75, 3.05) is 31.1 Å². The Hall–Kier alpha value is -2.90. The Balaban J connectivity index is 1.50. The molecule has 0 unspecified atom stereocenters. The maximum Gasteiger partial charge on any atom is 0.257 e. The average Bonchev–Trinajstić information content (AvgIpc) is 3.20. The van der Waals surface area contributed by atoms with Gasteiger partial charge < -0.3 is 14.2 Å². The van der Waals surface area contributed by atoms with E-state index >= 15 is 0 Å². The van der Waals surface area contributed by atoms with E-state index in [1.807, 2.05) is 24.8 Å². The van der Waals surface area contributed by atoms with Crippen LogP contribution in [0.25, 0.3) is 11.0 Å². The van der Waals surface area contributed by atoms with Crippen molar-refractivity contribution in [1.29, 1.82) is 0 Å². The summed E-state index contributed by atoms with van der Waals surface area (Å²) in [5.74, 6) is 2.32. The molecule has 0 atom stereocenters. The van der Waals surface area contributed by atoms with Crippen LogP contribution >= 0.6 is 0 Å². The molecule has 0 bridgehead atoms. The molecule has 8 nitrogen and oxygen atoms in total. The maximum atomic E-state index is 12.7. The standard InChI is InChI=1S/C16H18N6O2/c1-10-7-12(11(2)24-10)16(23)22-5-3-21(4-6-22)15-13-8-19-20-14(13)17-9-18-15/h7-9H,3-6H2,1-2H3,(H,17,18,19,20). The van der Waals surface area contributed by atoms with Crippen LogP contribution in [0.2, 0.25) is 0 Å². The highest BCUT2D eigenvalue weighted by Gasteiger charge is 2.26. The number of hydrogen-bond acceptors (Lipinski definition) is 6. The highest BCUT2D eigenvalue weighted by Crippen LogP contribution is 2.23. The molecule has 1 aliphatic heterocycles. The molecule has 8 heteroatoms. The van der Waals surface area contributed by atoms with Crippen LogP contribution in [0.15, 0.2) is 23.0 Å². The van der Waals surface area contributed by atoms with Crippen molar-refractivity contribution in [3.8, 4) is 0 Å². The van der Waals surface area contributed by atoms with Crippen LogP contribution < -0.4 is 4.90 Å². The summed E-state index contributed by atoms with van der Waals surface area (Å²) in [7, 11) is 0. The summed E-state index contributed by atoms with van der Waals surface area (Å²) in [6, 6.07) is 1.81. The summed E-state index contributed by atoms with van der Waals surface area (Å²) in [5, 5.41) is 7.78. The molecule has 0 aromatic carbocycles. The summed E-state index contributed by atoms with van der Waals surface area (Å²) in [5.41, 5.74) is 1.38. The Bertz CT molecular complexity index is 891. The monoisotopic (exact) mass is 326 g/mol. The van der Waals surface area contributed by atoms with Gasteiger partial charge in [-0.3, -0.25) is 9.89 Å². The number of carbonyl (C=O) groups is 1. The molecule has 3 aromatic rings. The van der Waals surface area contributed by atoms with Crippen LogP contribution in [0.5, 0.6) is 0 Å². The second-order valence-electron chi connectivity index (χ2n) is 5.94. The second-order valence-corrected chi connectivity index (χ2v) is 5.94. The first-order chi connectivity index (χ1) is 11.6. The van der Waals surface area contributed by atoms with Crippen molar-refractivity contribution in [2.24, 2.45) is 0 Å². The molecule has 1 saturated heterocycles. The number of H-pyrrole nitrogens is 1. The number of aromatic amines is 1. The van der Waals surface area contributed by atoms with E-state index in [2.05, 4.69) is 25.1 Å². The van der Waals surface area contributed by atoms with Gasteiger partial charge in [0.15, 0.2) is 5.65 Å². The quantitative estimate of drug-likeness (QED) is 0.768. The summed E-state index contributed by atoms with van der Waals surface area (Å²) in [4.78, 5) is 25.2. The van der Waals surface area contributed by atoms with E-state index in [1.165, 1.54) is 6.33 Å². The van der Waals surface area contributed by atoms with Gasteiger partial charge in [0.25, 0.3) is 5.91 Å². The number of piperazine rings is 1. The highest BCUT2D eigenvalue weighted by atomic mass is 16.3. The van der Waals surface area contributed by atoms with Crippen LogP contribution in [0.4, 0.5) is 5.82 Å². The molecule has 1 aliphatic rings. The molecule has 0 aliphatic carbocycles. The minimum absolute atomic E-state index is 0.0279. The maximum absolute atomic E-state index is 12.7. The van der Waals surface area contributed by atoms with Crippen molar-refractivity contribution in [3.63, 3.8) is 0 Å². The van der Waals surface area contributed by atoms with E-state index in [1.54, 1.807) is 6.20 Å². The van der Waals surface area contributed by atoms with Gasteiger partial charge >= 0.3 is 0 Å². The molecule has 0 radical (unpaired) electrons. The fourth-order valence-corrected chi connectivity index (χ4v) is 3.14. The zero-order chi connectivity index (χ0) is 16.7. The molecule has 0 spiro atoms. The number of fused-ring (bicyclic) bond motifs is 1. The van der Waals surface area contributed by atoms with E-state index in [4.69, 9.17) is 4.42 Å². The lowest BCUT2D eigenvalue weighted by Crippen LogP contribution is -2.49. The predicted molar refractivity (Wildman–Crippen MR) is 88.0 cm³/mol. The van der Waals surface area contributed by atoms with Crippen molar-refractivity contribution in [2.45, 2.75) is 13.8 Å². The van der Waals surface area contributed by atoms with E-state index in [0.717, 1.165) is 35.7 Å². The van der Waals surface area contributed by atoms with E-state index in [0.29, 0.717) is 24.4 Å². The minimum atomic E-state index is 0.0279. The number of nitrogens with zero attached hydrogens (tertiary/aromatic N) is 5. The van der Waals surface area contributed by atoms with Gasteiger partial charge in [0.1, 0.15) is 23.7 Å². The molecular formula is C16H18N6O2. The second kappa shape index (κ2) is 5.63. The summed E-state index contributed by atoms with van der Waals surface area (Å²) >= 11 is 0. The molecule has 1 fully saturated rings. The first kappa shape index (κ1) is 14.7.